The monoisotopic (exact) mass is 282 g/mol. The molecule has 0 fully saturated rings. The molecule has 0 aliphatic carbocycles. The van der Waals surface area contributed by atoms with E-state index in [-0.39, 0.29) is 0 Å². The van der Waals surface area contributed by atoms with E-state index in [1.165, 1.54) is 11.8 Å². The SMILES string of the molecule is Nc1ccc2nc(Sc3nccn4nccc34)[nH]c2c1. The van der Waals surface area contributed by atoms with Gasteiger partial charge in [0.15, 0.2) is 5.16 Å². The van der Waals surface area contributed by atoms with Crippen molar-refractivity contribution in [3.63, 3.8) is 0 Å². The average Bonchev–Trinajstić information content (AvgIpc) is 3.04. The molecule has 0 saturated carbocycles. The lowest BCUT2D eigenvalue weighted by Crippen LogP contribution is -1.90. The van der Waals surface area contributed by atoms with Gasteiger partial charge in [0.25, 0.3) is 0 Å². The topological polar surface area (TPSA) is 84.9 Å². The Morgan fingerprint density at radius 3 is 3.10 bits per heavy atom. The molecule has 3 heterocycles. The Kier molecular flexibility index (Phi) is 2.40. The molecule has 0 unspecified atom stereocenters. The Balaban J connectivity index is 1.78. The van der Waals surface area contributed by atoms with Gasteiger partial charge in [-0.1, -0.05) is 0 Å². The van der Waals surface area contributed by atoms with Crippen molar-refractivity contribution in [1.29, 1.82) is 0 Å². The fraction of sp³-hybridized carbons (Fsp3) is 0. The van der Waals surface area contributed by atoms with Gasteiger partial charge in [-0.2, -0.15) is 5.10 Å². The van der Waals surface area contributed by atoms with Crippen molar-refractivity contribution in [1.82, 2.24) is 24.6 Å². The van der Waals surface area contributed by atoms with Crippen LogP contribution >= 0.6 is 11.8 Å². The van der Waals surface area contributed by atoms with Crippen LogP contribution in [0.15, 0.2) is 53.0 Å². The van der Waals surface area contributed by atoms with Crippen LogP contribution in [0.4, 0.5) is 5.69 Å². The van der Waals surface area contributed by atoms with Crippen LogP contribution in [0.2, 0.25) is 0 Å². The van der Waals surface area contributed by atoms with Crippen molar-refractivity contribution in [2.24, 2.45) is 0 Å². The van der Waals surface area contributed by atoms with E-state index in [4.69, 9.17) is 5.73 Å². The van der Waals surface area contributed by atoms with Crippen LogP contribution in [0, 0.1) is 0 Å². The standard InChI is InChI=1S/C13H10N6S/c14-8-1-2-9-10(7-8)18-13(17-9)20-12-11-3-4-16-19(11)6-5-15-12/h1-7H,14H2,(H,17,18). The lowest BCUT2D eigenvalue weighted by atomic mass is 10.3. The van der Waals surface area contributed by atoms with E-state index >= 15 is 0 Å². The minimum atomic E-state index is 0.716. The molecule has 0 bridgehead atoms. The van der Waals surface area contributed by atoms with Crippen molar-refractivity contribution < 1.29 is 0 Å². The first-order chi connectivity index (χ1) is 9.79. The molecule has 98 valence electrons. The van der Waals surface area contributed by atoms with Gasteiger partial charge in [-0.3, -0.25) is 0 Å². The maximum absolute atomic E-state index is 5.77. The first-order valence-electron chi connectivity index (χ1n) is 6.01. The first-order valence-corrected chi connectivity index (χ1v) is 6.83. The zero-order valence-corrected chi connectivity index (χ0v) is 11.1. The highest BCUT2D eigenvalue weighted by molar-refractivity contribution is 7.99. The number of anilines is 1. The summed E-state index contributed by atoms with van der Waals surface area (Å²) in [5, 5.41) is 5.83. The summed E-state index contributed by atoms with van der Waals surface area (Å²) < 4.78 is 1.79. The molecule has 3 N–H and O–H groups in total. The third-order valence-electron chi connectivity index (χ3n) is 2.97. The summed E-state index contributed by atoms with van der Waals surface area (Å²) in [6.45, 7) is 0. The van der Waals surface area contributed by atoms with Crippen molar-refractivity contribution >= 4 is 34.0 Å². The van der Waals surface area contributed by atoms with E-state index in [0.29, 0.717) is 5.69 Å². The molecule has 0 saturated heterocycles. The summed E-state index contributed by atoms with van der Waals surface area (Å²) in [5.41, 5.74) is 9.26. The molecular weight excluding hydrogens is 272 g/mol. The van der Waals surface area contributed by atoms with Gasteiger partial charge < -0.3 is 10.7 Å². The van der Waals surface area contributed by atoms with Crippen molar-refractivity contribution in [3.8, 4) is 0 Å². The maximum atomic E-state index is 5.77. The van der Waals surface area contributed by atoms with Crippen LogP contribution < -0.4 is 5.73 Å². The summed E-state index contributed by atoms with van der Waals surface area (Å²) in [6.07, 6.45) is 5.29. The molecule has 0 radical (unpaired) electrons. The number of fused-ring (bicyclic) bond motifs is 2. The van der Waals surface area contributed by atoms with Crippen LogP contribution in [0.25, 0.3) is 16.6 Å². The summed E-state index contributed by atoms with van der Waals surface area (Å²) >= 11 is 1.47. The molecule has 0 amide bonds. The van der Waals surface area contributed by atoms with E-state index in [9.17, 15) is 0 Å². The Labute approximate surface area is 118 Å². The minimum absolute atomic E-state index is 0.716. The van der Waals surface area contributed by atoms with Gasteiger partial charge in [-0.05, 0) is 36.0 Å². The second-order valence-corrected chi connectivity index (χ2v) is 5.29. The number of imidazole rings is 1. The number of benzene rings is 1. The van der Waals surface area contributed by atoms with Gasteiger partial charge in [0, 0.05) is 18.1 Å². The van der Waals surface area contributed by atoms with Gasteiger partial charge in [-0.15, -0.1) is 0 Å². The molecule has 7 heteroatoms. The van der Waals surface area contributed by atoms with Gasteiger partial charge in [0.1, 0.15) is 5.03 Å². The zero-order chi connectivity index (χ0) is 13.5. The Morgan fingerprint density at radius 2 is 2.15 bits per heavy atom. The molecule has 4 rings (SSSR count). The number of nitrogen functional groups attached to an aromatic ring is 1. The van der Waals surface area contributed by atoms with Gasteiger partial charge >= 0.3 is 0 Å². The summed E-state index contributed by atoms with van der Waals surface area (Å²) in [5.74, 6) is 0. The predicted octanol–water partition coefficient (Wildman–Crippen LogP) is 2.34. The van der Waals surface area contributed by atoms with E-state index in [2.05, 4.69) is 20.1 Å². The molecule has 0 aliphatic heterocycles. The number of hydrogen-bond donors (Lipinski definition) is 2. The van der Waals surface area contributed by atoms with Crippen LogP contribution in [-0.4, -0.2) is 24.6 Å². The fourth-order valence-corrected chi connectivity index (χ4v) is 2.92. The molecule has 0 aliphatic rings. The first kappa shape index (κ1) is 11.3. The number of nitrogens with two attached hydrogens (primary N) is 1. The summed E-state index contributed by atoms with van der Waals surface area (Å²) in [6, 6.07) is 7.54. The quantitative estimate of drug-likeness (QED) is 0.551. The molecule has 1 aromatic carbocycles. The number of aromatic amines is 1. The van der Waals surface area contributed by atoms with E-state index in [1.807, 2.05) is 30.5 Å². The smallest absolute Gasteiger partial charge is 0.172 e. The van der Waals surface area contributed by atoms with E-state index in [1.54, 1.807) is 16.9 Å². The van der Waals surface area contributed by atoms with Gasteiger partial charge in [-0.25, -0.2) is 14.5 Å². The molecule has 3 aromatic heterocycles. The van der Waals surface area contributed by atoms with Gasteiger partial charge in [0.2, 0.25) is 0 Å². The molecular formula is C13H10N6S. The lowest BCUT2D eigenvalue weighted by Gasteiger charge is -1.99. The number of nitrogens with one attached hydrogen (secondary N) is 1. The predicted molar refractivity (Wildman–Crippen MR) is 77.6 cm³/mol. The fourth-order valence-electron chi connectivity index (χ4n) is 2.06. The van der Waals surface area contributed by atoms with Crippen molar-refractivity contribution in [2.75, 3.05) is 5.73 Å². The van der Waals surface area contributed by atoms with Crippen LogP contribution in [0.5, 0.6) is 0 Å². The second-order valence-electron chi connectivity index (χ2n) is 4.31. The third-order valence-corrected chi connectivity index (χ3v) is 3.86. The average molecular weight is 282 g/mol. The highest BCUT2D eigenvalue weighted by Gasteiger charge is 2.09. The third kappa shape index (κ3) is 1.79. The highest BCUT2D eigenvalue weighted by Crippen LogP contribution is 2.28. The highest BCUT2D eigenvalue weighted by atomic mass is 32.2. The normalized spacial score (nSPS) is 11.4. The molecule has 0 spiro atoms. The molecule has 20 heavy (non-hydrogen) atoms. The molecule has 0 atom stereocenters. The molecule has 6 nitrogen and oxygen atoms in total. The van der Waals surface area contributed by atoms with Crippen LogP contribution in [-0.2, 0) is 0 Å². The summed E-state index contributed by atoms with van der Waals surface area (Å²) in [4.78, 5) is 12.1. The Bertz CT molecular complexity index is 909. The van der Waals surface area contributed by atoms with E-state index in [0.717, 1.165) is 26.7 Å². The Hall–Kier alpha value is -2.54. The van der Waals surface area contributed by atoms with Crippen molar-refractivity contribution in [3.05, 3.63) is 42.9 Å². The Morgan fingerprint density at radius 1 is 1.20 bits per heavy atom. The lowest BCUT2D eigenvalue weighted by molar-refractivity contribution is 0.915. The van der Waals surface area contributed by atoms with Crippen LogP contribution in [0.3, 0.4) is 0 Å². The minimum Gasteiger partial charge on any atom is -0.399 e. The second kappa shape index (κ2) is 4.24. The number of nitrogens with zero attached hydrogens (tertiary/aromatic N) is 4. The maximum Gasteiger partial charge on any atom is 0.172 e. The van der Waals surface area contributed by atoms with Gasteiger partial charge in [0.05, 0.1) is 22.7 Å². The zero-order valence-electron chi connectivity index (χ0n) is 10.3. The largest absolute Gasteiger partial charge is 0.399 e. The van der Waals surface area contributed by atoms with Crippen LogP contribution in [0.1, 0.15) is 0 Å². The molecule has 4 aromatic rings. The number of aromatic nitrogens is 5. The number of H-pyrrole nitrogens is 1. The number of hydrogen-bond acceptors (Lipinski definition) is 5. The van der Waals surface area contributed by atoms with E-state index < -0.39 is 0 Å². The van der Waals surface area contributed by atoms with Crippen molar-refractivity contribution in [2.45, 2.75) is 10.2 Å². The number of rotatable bonds is 2. The summed E-state index contributed by atoms with van der Waals surface area (Å²) in [7, 11) is 0.